The van der Waals surface area contributed by atoms with Gasteiger partial charge in [0.25, 0.3) is 0 Å². The number of hydrogen-bond donors (Lipinski definition) is 1. The van der Waals surface area contributed by atoms with E-state index in [0.29, 0.717) is 11.5 Å². The van der Waals surface area contributed by atoms with Gasteiger partial charge in [0.15, 0.2) is 0 Å². The van der Waals surface area contributed by atoms with Crippen molar-refractivity contribution in [1.82, 2.24) is 5.32 Å². The van der Waals surface area contributed by atoms with Crippen LogP contribution in [0.2, 0.25) is 0 Å². The minimum Gasteiger partial charge on any atom is -0.385 e. The average Bonchev–Trinajstić information content (AvgIpc) is 2.84. The van der Waals surface area contributed by atoms with Crippen molar-refractivity contribution in [1.29, 1.82) is 0 Å². The molecule has 3 nitrogen and oxygen atoms in total. The Bertz CT molecular complexity index is 203. The van der Waals surface area contributed by atoms with Crippen LogP contribution in [0.1, 0.15) is 52.4 Å². The third-order valence-corrected chi connectivity index (χ3v) is 4.23. The highest BCUT2D eigenvalue weighted by molar-refractivity contribution is 4.87. The molecule has 0 aromatic carbocycles. The van der Waals surface area contributed by atoms with Gasteiger partial charge in [-0.15, -0.1) is 0 Å². The third kappa shape index (κ3) is 5.68. The Labute approximate surface area is 113 Å². The predicted octanol–water partition coefficient (Wildman–Crippen LogP) is 2.99. The lowest BCUT2D eigenvalue weighted by Crippen LogP contribution is -2.38. The molecular formula is C15H31NO2. The lowest BCUT2D eigenvalue weighted by Gasteiger charge is -2.31. The SMILES string of the molecule is CCOCCC1(CN[C@H](C)CCOC)CCCC1. The van der Waals surface area contributed by atoms with Crippen LogP contribution < -0.4 is 5.32 Å². The molecule has 1 N–H and O–H groups in total. The Balaban J connectivity index is 2.28. The molecule has 1 aliphatic carbocycles. The molecule has 0 heterocycles. The summed E-state index contributed by atoms with van der Waals surface area (Å²) < 4.78 is 10.7. The molecule has 1 atom stereocenters. The van der Waals surface area contributed by atoms with Gasteiger partial charge in [0.2, 0.25) is 0 Å². The quantitative estimate of drug-likeness (QED) is 0.610. The lowest BCUT2D eigenvalue weighted by atomic mass is 9.82. The summed E-state index contributed by atoms with van der Waals surface area (Å²) >= 11 is 0. The normalized spacial score (nSPS) is 20.2. The second-order valence-corrected chi connectivity index (χ2v) is 5.72. The van der Waals surface area contributed by atoms with Crippen LogP contribution >= 0.6 is 0 Å². The van der Waals surface area contributed by atoms with Crippen LogP contribution in [0.3, 0.4) is 0 Å². The maximum Gasteiger partial charge on any atom is 0.0476 e. The van der Waals surface area contributed by atoms with Gasteiger partial charge in [0.1, 0.15) is 0 Å². The zero-order valence-electron chi connectivity index (χ0n) is 12.5. The van der Waals surface area contributed by atoms with Gasteiger partial charge >= 0.3 is 0 Å². The van der Waals surface area contributed by atoms with Gasteiger partial charge in [-0.1, -0.05) is 12.8 Å². The van der Waals surface area contributed by atoms with Crippen molar-refractivity contribution in [2.24, 2.45) is 5.41 Å². The molecule has 0 radical (unpaired) electrons. The van der Waals surface area contributed by atoms with Gasteiger partial charge in [-0.05, 0) is 44.9 Å². The van der Waals surface area contributed by atoms with Gasteiger partial charge in [-0.3, -0.25) is 0 Å². The van der Waals surface area contributed by atoms with Crippen molar-refractivity contribution in [3.05, 3.63) is 0 Å². The number of methoxy groups -OCH3 is 1. The first kappa shape index (κ1) is 15.9. The number of rotatable bonds is 10. The molecule has 1 fully saturated rings. The van der Waals surface area contributed by atoms with Crippen LogP contribution in [0.25, 0.3) is 0 Å². The molecule has 0 unspecified atom stereocenters. The van der Waals surface area contributed by atoms with Crippen molar-refractivity contribution in [2.75, 3.05) is 33.5 Å². The highest BCUT2D eigenvalue weighted by Gasteiger charge is 2.33. The number of hydrogen-bond acceptors (Lipinski definition) is 3. The Hall–Kier alpha value is -0.120. The van der Waals surface area contributed by atoms with Gasteiger partial charge in [0, 0.05) is 39.5 Å². The largest absolute Gasteiger partial charge is 0.385 e. The summed E-state index contributed by atoms with van der Waals surface area (Å²) in [6, 6.07) is 0.550. The topological polar surface area (TPSA) is 30.5 Å². The van der Waals surface area contributed by atoms with Gasteiger partial charge in [-0.2, -0.15) is 0 Å². The Kier molecular flexibility index (Phi) is 7.87. The molecule has 18 heavy (non-hydrogen) atoms. The fourth-order valence-corrected chi connectivity index (χ4v) is 2.86. The fourth-order valence-electron chi connectivity index (χ4n) is 2.86. The zero-order valence-corrected chi connectivity index (χ0v) is 12.5. The number of ether oxygens (including phenoxy) is 2. The lowest BCUT2D eigenvalue weighted by molar-refractivity contribution is 0.100. The first-order chi connectivity index (χ1) is 8.72. The van der Waals surface area contributed by atoms with E-state index in [9.17, 15) is 0 Å². The van der Waals surface area contributed by atoms with Crippen LogP contribution in [0.5, 0.6) is 0 Å². The Morgan fingerprint density at radius 1 is 1.22 bits per heavy atom. The van der Waals surface area contributed by atoms with Crippen molar-refractivity contribution < 1.29 is 9.47 Å². The summed E-state index contributed by atoms with van der Waals surface area (Å²) in [6.07, 6.45) is 7.82. The molecule has 0 aromatic heterocycles. The standard InChI is InChI=1S/C15H31NO2/c1-4-18-12-10-15(8-5-6-9-15)13-16-14(2)7-11-17-3/h14,16H,4-13H2,1-3H3/t14-/m1/s1. The summed E-state index contributed by atoms with van der Waals surface area (Å²) in [6.45, 7) is 8.08. The average molecular weight is 257 g/mol. The van der Waals surface area contributed by atoms with Crippen molar-refractivity contribution >= 4 is 0 Å². The summed E-state index contributed by atoms with van der Waals surface area (Å²) in [5, 5.41) is 3.69. The van der Waals surface area contributed by atoms with E-state index in [1.54, 1.807) is 7.11 Å². The minimum absolute atomic E-state index is 0.497. The molecule has 0 bridgehead atoms. The molecule has 0 aliphatic heterocycles. The predicted molar refractivity (Wildman–Crippen MR) is 76.0 cm³/mol. The van der Waals surface area contributed by atoms with Gasteiger partial charge in [-0.25, -0.2) is 0 Å². The molecule has 0 amide bonds. The van der Waals surface area contributed by atoms with Crippen LogP contribution in [-0.2, 0) is 9.47 Å². The van der Waals surface area contributed by atoms with E-state index in [0.717, 1.165) is 32.8 Å². The van der Waals surface area contributed by atoms with Crippen LogP contribution in [0.4, 0.5) is 0 Å². The van der Waals surface area contributed by atoms with E-state index in [4.69, 9.17) is 9.47 Å². The first-order valence-corrected chi connectivity index (χ1v) is 7.52. The summed E-state index contributed by atoms with van der Waals surface area (Å²) in [7, 11) is 1.77. The first-order valence-electron chi connectivity index (χ1n) is 7.52. The molecule has 108 valence electrons. The van der Waals surface area contributed by atoms with Crippen LogP contribution in [0.15, 0.2) is 0 Å². The highest BCUT2D eigenvalue weighted by atomic mass is 16.5. The van der Waals surface area contributed by atoms with Gasteiger partial charge in [0.05, 0.1) is 0 Å². The summed E-state index contributed by atoms with van der Waals surface area (Å²) in [4.78, 5) is 0. The smallest absolute Gasteiger partial charge is 0.0476 e. The van der Waals surface area contributed by atoms with E-state index in [-0.39, 0.29) is 0 Å². The highest BCUT2D eigenvalue weighted by Crippen LogP contribution is 2.40. The monoisotopic (exact) mass is 257 g/mol. The molecule has 0 saturated heterocycles. The maximum absolute atomic E-state index is 5.54. The van der Waals surface area contributed by atoms with Gasteiger partial charge < -0.3 is 14.8 Å². The molecule has 1 aliphatic rings. The van der Waals surface area contributed by atoms with Crippen LogP contribution in [0, 0.1) is 5.41 Å². The van der Waals surface area contributed by atoms with Crippen molar-refractivity contribution in [3.8, 4) is 0 Å². The van der Waals surface area contributed by atoms with Crippen molar-refractivity contribution in [3.63, 3.8) is 0 Å². The summed E-state index contributed by atoms with van der Waals surface area (Å²) in [5.41, 5.74) is 0.497. The molecule has 1 rings (SSSR count). The van der Waals surface area contributed by atoms with Crippen molar-refractivity contribution in [2.45, 2.75) is 58.4 Å². The van der Waals surface area contributed by atoms with Crippen LogP contribution in [-0.4, -0.2) is 39.5 Å². The van der Waals surface area contributed by atoms with E-state index < -0.39 is 0 Å². The minimum atomic E-state index is 0.497. The molecule has 0 aromatic rings. The molecule has 3 heteroatoms. The third-order valence-electron chi connectivity index (χ3n) is 4.23. The second kappa shape index (κ2) is 8.89. The summed E-state index contributed by atoms with van der Waals surface area (Å²) in [5.74, 6) is 0. The van der Waals surface area contributed by atoms with E-state index in [1.807, 2.05) is 0 Å². The van der Waals surface area contributed by atoms with E-state index in [2.05, 4.69) is 19.2 Å². The second-order valence-electron chi connectivity index (χ2n) is 5.72. The van der Waals surface area contributed by atoms with E-state index in [1.165, 1.54) is 32.1 Å². The maximum atomic E-state index is 5.54. The fraction of sp³-hybridized carbons (Fsp3) is 1.00. The molecular weight excluding hydrogens is 226 g/mol. The molecule has 1 saturated carbocycles. The molecule has 0 spiro atoms. The zero-order chi connectivity index (χ0) is 13.3. The van der Waals surface area contributed by atoms with E-state index >= 15 is 0 Å². The number of nitrogens with one attached hydrogen (secondary N) is 1. The Morgan fingerprint density at radius 2 is 1.94 bits per heavy atom. The Morgan fingerprint density at radius 3 is 2.56 bits per heavy atom.